The zero-order chi connectivity index (χ0) is 17.4. The molecular weight excluding hydrogens is 312 g/mol. The van der Waals surface area contributed by atoms with Crippen LogP contribution in [0.25, 0.3) is 21.7 Å². The van der Waals surface area contributed by atoms with E-state index in [0.29, 0.717) is 12.1 Å². The molecule has 0 aliphatic heterocycles. The Bertz CT molecular complexity index is 1100. The second kappa shape index (κ2) is 6.06. The number of carbonyl (C=O) groups is 1. The van der Waals surface area contributed by atoms with Crippen LogP contribution in [-0.4, -0.2) is 22.6 Å². The quantitative estimate of drug-likeness (QED) is 0.525. The Hall–Kier alpha value is -3.14. The van der Waals surface area contributed by atoms with Crippen molar-refractivity contribution in [3.63, 3.8) is 0 Å². The lowest BCUT2D eigenvalue weighted by molar-refractivity contribution is 0.0602. The number of methoxy groups -OCH3 is 1. The summed E-state index contributed by atoms with van der Waals surface area (Å²) in [6.45, 7) is 2.58. The SMILES string of the molecule is COC(=O)c1cc(C)cc2ccn(Cc3cc4ccccc4cn3)c12. The Labute approximate surface area is 145 Å². The minimum atomic E-state index is -0.319. The van der Waals surface area contributed by atoms with Gasteiger partial charge < -0.3 is 9.30 Å². The average Bonchev–Trinajstić information content (AvgIpc) is 3.02. The zero-order valence-corrected chi connectivity index (χ0v) is 14.2. The smallest absolute Gasteiger partial charge is 0.340 e. The molecule has 0 bridgehead atoms. The molecule has 0 spiro atoms. The average molecular weight is 330 g/mol. The van der Waals surface area contributed by atoms with Crippen molar-refractivity contribution in [2.24, 2.45) is 0 Å². The molecule has 0 N–H and O–H groups in total. The molecule has 25 heavy (non-hydrogen) atoms. The number of carbonyl (C=O) groups excluding carboxylic acids is 1. The highest BCUT2D eigenvalue weighted by atomic mass is 16.5. The van der Waals surface area contributed by atoms with Crippen LogP contribution in [0.5, 0.6) is 0 Å². The predicted molar refractivity (Wildman–Crippen MR) is 98.9 cm³/mol. The highest BCUT2D eigenvalue weighted by molar-refractivity contribution is 6.03. The van der Waals surface area contributed by atoms with Crippen LogP contribution in [0.4, 0.5) is 0 Å². The summed E-state index contributed by atoms with van der Waals surface area (Å²) in [6.07, 6.45) is 3.88. The van der Waals surface area contributed by atoms with Gasteiger partial charge in [0.1, 0.15) is 0 Å². The first-order valence-electron chi connectivity index (χ1n) is 8.17. The molecule has 0 fully saturated rings. The van der Waals surface area contributed by atoms with Gasteiger partial charge in [0.2, 0.25) is 0 Å². The van der Waals surface area contributed by atoms with Crippen molar-refractivity contribution in [3.8, 4) is 0 Å². The van der Waals surface area contributed by atoms with E-state index < -0.39 is 0 Å². The number of rotatable bonds is 3. The molecule has 0 amide bonds. The first-order valence-corrected chi connectivity index (χ1v) is 8.17. The van der Waals surface area contributed by atoms with Crippen LogP contribution in [0.15, 0.2) is 60.9 Å². The summed E-state index contributed by atoms with van der Waals surface area (Å²) >= 11 is 0. The highest BCUT2D eigenvalue weighted by Gasteiger charge is 2.15. The number of ether oxygens (including phenoxy) is 1. The minimum absolute atomic E-state index is 0.319. The van der Waals surface area contributed by atoms with Crippen molar-refractivity contribution in [1.29, 1.82) is 0 Å². The topological polar surface area (TPSA) is 44.1 Å². The Morgan fingerprint density at radius 2 is 1.88 bits per heavy atom. The number of hydrogen-bond acceptors (Lipinski definition) is 3. The molecule has 0 aliphatic carbocycles. The van der Waals surface area contributed by atoms with Crippen LogP contribution in [0.1, 0.15) is 21.6 Å². The summed E-state index contributed by atoms with van der Waals surface area (Å²) in [6, 6.07) is 16.2. The monoisotopic (exact) mass is 330 g/mol. The number of esters is 1. The fraction of sp³-hybridized carbons (Fsp3) is 0.143. The van der Waals surface area contributed by atoms with Crippen molar-refractivity contribution in [2.45, 2.75) is 13.5 Å². The maximum Gasteiger partial charge on any atom is 0.340 e. The van der Waals surface area contributed by atoms with Crippen LogP contribution in [0, 0.1) is 6.92 Å². The number of fused-ring (bicyclic) bond motifs is 2. The first-order chi connectivity index (χ1) is 12.2. The van der Waals surface area contributed by atoms with Crippen LogP contribution < -0.4 is 0 Å². The lowest BCUT2D eigenvalue weighted by Crippen LogP contribution is -2.07. The lowest BCUT2D eigenvalue weighted by Gasteiger charge is -2.10. The second-order valence-electron chi connectivity index (χ2n) is 6.21. The zero-order valence-electron chi connectivity index (χ0n) is 14.2. The molecule has 124 valence electrons. The van der Waals surface area contributed by atoms with Crippen molar-refractivity contribution < 1.29 is 9.53 Å². The predicted octanol–water partition coefficient (Wildman–Crippen LogP) is 4.33. The lowest BCUT2D eigenvalue weighted by atomic mass is 10.1. The molecule has 4 aromatic rings. The Morgan fingerprint density at radius 1 is 1.08 bits per heavy atom. The van der Waals surface area contributed by atoms with Crippen LogP contribution in [-0.2, 0) is 11.3 Å². The van der Waals surface area contributed by atoms with Gasteiger partial charge >= 0.3 is 5.97 Å². The van der Waals surface area contributed by atoms with Gasteiger partial charge in [-0.2, -0.15) is 0 Å². The molecule has 2 aromatic carbocycles. The Kier molecular flexibility index (Phi) is 3.73. The van der Waals surface area contributed by atoms with Gasteiger partial charge in [-0.1, -0.05) is 24.3 Å². The highest BCUT2D eigenvalue weighted by Crippen LogP contribution is 2.24. The second-order valence-corrected chi connectivity index (χ2v) is 6.21. The molecule has 0 radical (unpaired) electrons. The van der Waals surface area contributed by atoms with Gasteiger partial charge in [-0.25, -0.2) is 4.79 Å². The standard InChI is InChI=1S/C21H18N2O2/c1-14-9-16-7-8-23(20(16)19(10-14)21(24)25-2)13-18-11-15-5-3-4-6-17(15)12-22-18/h3-12H,13H2,1-2H3. The molecule has 2 aromatic heterocycles. The van der Waals surface area contributed by atoms with Crippen LogP contribution >= 0.6 is 0 Å². The van der Waals surface area contributed by atoms with E-state index in [4.69, 9.17) is 4.74 Å². The van der Waals surface area contributed by atoms with E-state index in [0.717, 1.165) is 32.9 Å². The largest absolute Gasteiger partial charge is 0.465 e. The van der Waals surface area contributed by atoms with Crippen LogP contribution in [0.3, 0.4) is 0 Å². The molecule has 0 aliphatic rings. The van der Waals surface area contributed by atoms with Gasteiger partial charge in [-0.05, 0) is 42.1 Å². The molecule has 4 heteroatoms. The summed E-state index contributed by atoms with van der Waals surface area (Å²) in [7, 11) is 1.41. The van der Waals surface area contributed by atoms with Gasteiger partial charge in [0.15, 0.2) is 0 Å². The van der Waals surface area contributed by atoms with E-state index >= 15 is 0 Å². The first kappa shape index (κ1) is 15.4. The maximum atomic E-state index is 12.2. The maximum absolute atomic E-state index is 12.2. The summed E-state index contributed by atoms with van der Waals surface area (Å²) < 4.78 is 7.02. The van der Waals surface area contributed by atoms with E-state index in [9.17, 15) is 4.79 Å². The Balaban J connectivity index is 1.82. The number of hydrogen-bond donors (Lipinski definition) is 0. The number of aryl methyl sites for hydroxylation is 1. The summed E-state index contributed by atoms with van der Waals surface area (Å²) in [4.78, 5) is 16.8. The molecule has 0 atom stereocenters. The third-order valence-corrected chi connectivity index (χ3v) is 4.43. The van der Waals surface area contributed by atoms with E-state index in [1.54, 1.807) is 0 Å². The van der Waals surface area contributed by atoms with Gasteiger partial charge in [0, 0.05) is 23.2 Å². The van der Waals surface area contributed by atoms with E-state index in [-0.39, 0.29) is 5.97 Å². The van der Waals surface area contributed by atoms with Gasteiger partial charge in [0.05, 0.1) is 30.4 Å². The van der Waals surface area contributed by atoms with E-state index in [1.165, 1.54) is 7.11 Å². The van der Waals surface area contributed by atoms with Crippen molar-refractivity contribution in [2.75, 3.05) is 7.11 Å². The van der Waals surface area contributed by atoms with Gasteiger partial charge in [-0.15, -0.1) is 0 Å². The number of nitrogens with zero attached hydrogens (tertiary/aromatic N) is 2. The molecular formula is C21H18N2O2. The molecule has 0 saturated carbocycles. The van der Waals surface area contributed by atoms with E-state index in [2.05, 4.69) is 33.8 Å². The summed E-state index contributed by atoms with van der Waals surface area (Å²) in [5, 5.41) is 3.31. The van der Waals surface area contributed by atoms with E-state index in [1.807, 2.05) is 43.6 Å². The Morgan fingerprint density at radius 3 is 2.68 bits per heavy atom. The van der Waals surface area contributed by atoms with Crippen molar-refractivity contribution in [1.82, 2.24) is 9.55 Å². The summed E-state index contributed by atoms with van der Waals surface area (Å²) in [5.41, 5.74) is 3.46. The fourth-order valence-corrected chi connectivity index (χ4v) is 3.29. The number of benzene rings is 2. The molecule has 0 unspecified atom stereocenters. The molecule has 2 heterocycles. The third-order valence-electron chi connectivity index (χ3n) is 4.43. The third kappa shape index (κ3) is 2.76. The molecule has 0 saturated heterocycles. The van der Waals surface area contributed by atoms with Crippen LogP contribution in [0.2, 0.25) is 0 Å². The minimum Gasteiger partial charge on any atom is -0.465 e. The fourth-order valence-electron chi connectivity index (χ4n) is 3.29. The summed E-state index contributed by atoms with van der Waals surface area (Å²) in [5.74, 6) is -0.319. The number of pyridine rings is 1. The van der Waals surface area contributed by atoms with Gasteiger partial charge in [0.25, 0.3) is 0 Å². The van der Waals surface area contributed by atoms with Crippen molar-refractivity contribution >= 4 is 27.6 Å². The number of aromatic nitrogens is 2. The molecule has 4 nitrogen and oxygen atoms in total. The molecule has 4 rings (SSSR count). The van der Waals surface area contributed by atoms with Crippen molar-refractivity contribution in [3.05, 3.63) is 77.7 Å². The van der Waals surface area contributed by atoms with Gasteiger partial charge in [-0.3, -0.25) is 4.98 Å². The normalized spacial score (nSPS) is 11.1.